The molecule has 0 unspecified atom stereocenters. The standard InChI is InChI=1S/C17H17N3O4S/c1-8-6-4-5-7-9(8)10(18)13(21)19-11-14(22)20-12(16(23)24)17(2,3)25-15(11)20/h10-12,15H,18H2,1-3H3,(H,19,21)(H,23,24)/t10-,11-,12+,15-/m1/s1. The maximum atomic E-state index is 12.4. The van der Waals surface area contributed by atoms with Gasteiger partial charge in [0.2, 0.25) is 11.8 Å². The highest BCUT2D eigenvalue weighted by Crippen LogP contribution is 2.50. The Balaban J connectivity index is 1.74. The molecule has 2 heterocycles. The molecule has 2 saturated heterocycles. The SMILES string of the molecule is CC1=C=C=C=C=C1[C@@H](N)C(=O)N[C@@H]1C(=O)N2[C@@H]1SC(C)(C)[C@@H]2C(=O)O. The summed E-state index contributed by atoms with van der Waals surface area (Å²) in [4.78, 5) is 37.6. The molecule has 130 valence electrons. The maximum absolute atomic E-state index is 12.4. The number of hydrogen-bond donors (Lipinski definition) is 3. The second-order valence-corrected chi connectivity index (χ2v) is 8.37. The van der Waals surface area contributed by atoms with Crippen LogP contribution in [0.1, 0.15) is 20.8 Å². The number of carbonyl (C=O) groups excluding carboxylic acids is 2. The number of nitrogens with zero attached hydrogens (tertiary/aromatic N) is 1. The van der Waals surface area contributed by atoms with E-state index in [0.29, 0.717) is 11.1 Å². The van der Waals surface area contributed by atoms with E-state index in [1.165, 1.54) is 16.7 Å². The largest absolute Gasteiger partial charge is 0.480 e. The van der Waals surface area contributed by atoms with E-state index < -0.39 is 46.0 Å². The molecule has 2 fully saturated rings. The van der Waals surface area contributed by atoms with E-state index in [9.17, 15) is 19.5 Å². The molecule has 2 aliphatic heterocycles. The van der Waals surface area contributed by atoms with E-state index in [4.69, 9.17) is 5.73 Å². The van der Waals surface area contributed by atoms with Gasteiger partial charge in [-0.15, -0.1) is 11.8 Å². The molecule has 0 aromatic carbocycles. The van der Waals surface area contributed by atoms with Gasteiger partial charge in [-0.1, -0.05) is 11.5 Å². The highest BCUT2D eigenvalue weighted by molar-refractivity contribution is 8.01. The number of β-lactam (4-membered cyclic amide) rings is 1. The zero-order chi connectivity index (χ0) is 18.5. The van der Waals surface area contributed by atoms with Crippen molar-refractivity contribution in [3.8, 4) is 0 Å². The smallest absolute Gasteiger partial charge is 0.327 e. The van der Waals surface area contributed by atoms with Crippen LogP contribution in [0.15, 0.2) is 34.1 Å². The molecule has 3 rings (SSSR count). The van der Waals surface area contributed by atoms with Gasteiger partial charge in [-0.05, 0) is 32.2 Å². The third-order valence-electron chi connectivity index (χ3n) is 4.48. The molecular formula is C17H17N3O4S. The van der Waals surface area contributed by atoms with Gasteiger partial charge in [0.05, 0.1) is 0 Å². The predicted molar refractivity (Wildman–Crippen MR) is 90.4 cm³/mol. The van der Waals surface area contributed by atoms with Gasteiger partial charge in [0.1, 0.15) is 23.5 Å². The van der Waals surface area contributed by atoms with Crippen molar-refractivity contribution in [1.29, 1.82) is 0 Å². The molecule has 1 aliphatic carbocycles. The molecule has 4 atom stereocenters. The summed E-state index contributed by atoms with van der Waals surface area (Å²) in [5.41, 5.74) is 17.7. The second kappa shape index (κ2) is 5.83. The third-order valence-corrected chi connectivity index (χ3v) is 6.05. The van der Waals surface area contributed by atoms with E-state index in [1.807, 2.05) is 0 Å². The van der Waals surface area contributed by atoms with Crippen molar-refractivity contribution < 1.29 is 19.5 Å². The minimum atomic E-state index is -1.05. The maximum Gasteiger partial charge on any atom is 0.327 e. The Hall–Kier alpha value is -2.42. The normalized spacial score (nSPS) is 29.5. The lowest BCUT2D eigenvalue weighted by Gasteiger charge is -2.43. The predicted octanol–water partition coefficient (Wildman–Crippen LogP) is -0.104. The lowest BCUT2D eigenvalue weighted by Crippen LogP contribution is -2.71. The van der Waals surface area contributed by atoms with Gasteiger partial charge in [-0.2, -0.15) is 0 Å². The number of carboxylic acid groups (broad SMARTS) is 1. The summed E-state index contributed by atoms with van der Waals surface area (Å²) < 4.78 is -0.642. The Bertz CT molecular complexity index is 866. The molecule has 0 bridgehead atoms. The first-order chi connectivity index (χ1) is 11.6. The van der Waals surface area contributed by atoms with Crippen LogP contribution in [0.4, 0.5) is 0 Å². The molecule has 3 aliphatic rings. The minimum Gasteiger partial charge on any atom is -0.480 e. The number of amides is 2. The summed E-state index contributed by atoms with van der Waals surface area (Å²) in [6, 6.07) is -2.71. The van der Waals surface area contributed by atoms with Crippen molar-refractivity contribution in [2.75, 3.05) is 0 Å². The van der Waals surface area contributed by atoms with Crippen LogP contribution in [0.25, 0.3) is 0 Å². The average Bonchev–Trinajstić information content (AvgIpc) is 2.80. The molecule has 4 N–H and O–H groups in total. The van der Waals surface area contributed by atoms with Crippen molar-refractivity contribution in [1.82, 2.24) is 10.2 Å². The number of nitrogens with one attached hydrogen (secondary N) is 1. The topological polar surface area (TPSA) is 113 Å². The van der Waals surface area contributed by atoms with Gasteiger partial charge >= 0.3 is 5.97 Å². The molecule has 0 saturated carbocycles. The Morgan fingerprint density at radius 3 is 2.60 bits per heavy atom. The summed E-state index contributed by atoms with van der Waals surface area (Å²) in [5, 5.41) is 11.6. The molecule has 8 heteroatoms. The first kappa shape index (κ1) is 17.4. The van der Waals surface area contributed by atoms with Crippen LogP contribution in [0, 0.1) is 0 Å². The lowest BCUT2D eigenvalue weighted by molar-refractivity contribution is -0.161. The number of hydrogen-bond acceptors (Lipinski definition) is 5. The number of thioether (sulfide) groups is 1. The summed E-state index contributed by atoms with van der Waals surface area (Å²) in [6.45, 7) is 5.28. The fraction of sp³-hybridized carbons (Fsp3) is 0.471. The number of carbonyl (C=O) groups is 3. The van der Waals surface area contributed by atoms with Crippen LogP contribution in [0.2, 0.25) is 0 Å². The van der Waals surface area contributed by atoms with Crippen molar-refractivity contribution >= 4 is 29.5 Å². The Labute approximate surface area is 148 Å². The van der Waals surface area contributed by atoms with Gasteiger partial charge in [0.25, 0.3) is 0 Å². The fourth-order valence-corrected chi connectivity index (χ4v) is 4.84. The minimum absolute atomic E-state index is 0.406. The highest BCUT2D eigenvalue weighted by Gasteiger charge is 2.64. The van der Waals surface area contributed by atoms with Gasteiger partial charge < -0.3 is 21.1 Å². The van der Waals surface area contributed by atoms with Crippen LogP contribution in [-0.2, 0) is 14.4 Å². The van der Waals surface area contributed by atoms with E-state index in [0.717, 1.165) is 0 Å². The monoisotopic (exact) mass is 359 g/mol. The first-order valence-corrected chi connectivity index (χ1v) is 8.54. The quantitative estimate of drug-likeness (QED) is 0.477. The van der Waals surface area contributed by atoms with Crippen molar-refractivity contribution in [3.63, 3.8) is 0 Å². The number of carboxylic acids is 1. The summed E-state index contributed by atoms with van der Waals surface area (Å²) in [7, 11) is 0. The molecule has 0 spiro atoms. The molecule has 0 radical (unpaired) electrons. The fourth-order valence-electron chi connectivity index (χ4n) is 3.22. The molecular weight excluding hydrogens is 342 g/mol. The third kappa shape index (κ3) is 2.68. The number of aliphatic carboxylic acids is 1. The molecule has 0 aromatic heterocycles. The number of rotatable bonds is 4. The molecule has 2 amide bonds. The van der Waals surface area contributed by atoms with Crippen molar-refractivity contribution in [2.45, 2.75) is 49.0 Å². The highest BCUT2D eigenvalue weighted by atomic mass is 32.2. The van der Waals surface area contributed by atoms with Crippen LogP contribution in [0.3, 0.4) is 0 Å². The zero-order valence-corrected chi connectivity index (χ0v) is 14.7. The number of fused-ring (bicyclic) bond motifs is 1. The second-order valence-electron chi connectivity index (χ2n) is 6.60. The summed E-state index contributed by atoms with van der Waals surface area (Å²) in [6.07, 6.45) is 0. The Kier molecular flexibility index (Phi) is 4.06. The van der Waals surface area contributed by atoms with Gasteiger partial charge in [-0.3, -0.25) is 9.59 Å². The lowest BCUT2D eigenvalue weighted by atomic mass is 9.95. The van der Waals surface area contributed by atoms with Crippen molar-refractivity contribution in [3.05, 3.63) is 34.1 Å². The molecule has 7 nitrogen and oxygen atoms in total. The Morgan fingerprint density at radius 1 is 1.36 bits per heavy atom. The average molecular weight is 359 g/mol. The number of nitrogens with two attached hydrogens (primary N) is 1. The van der Waals surface area contributed by atoms with E-state index in [1.54, 1.807) is 20.8 Å². The van der Waals surface area contributed by atoms with E-state index >= 15 is 0 Å². The van der Waals surface area contributed by atoms with Gasteiger partial charge in [-0.25, -0.2) is 4.79 Å². The van der Waals surface area contributed by atoms with E-state index in [2.05, 4.69) is 28.2 Å². The molecule has 25 heavy (non-hydrogen) atoms. The molecule has 0 aromatic rings. The van der Waals surface area contributed by atoms with Crippen LogP contribution >= 0.6 is 11.8 Å². The van der Waals surface area contributed by atoms with Crippen LogP contribution in [-0.4, -0.2) is 56.0 Å². The Morgan fingerprint density at radius 2 is 2.00 bits per heavy atom. The van der Waals surface area contributed by atoms with E-state index in [-0.39, 0.29) is 0 Å². The van der Waals surface area contributed by atoms with Crippen LogP contribution < -0.4 is 11.1 Å². The first-order valence-electron chi connectivity index (χ1n) is 7.66. The summed E-state index contributed by atoms with van der Waals surface area (Å²) in [5.74, 6) is -1.98. The van der Waals surface area contributed by atoms with Gasteiger partial charge in [0.15, 0.2) is 0 Å². The zero-order valence-electron chi connectivity index (χ0n) is 13.9. The van der Waals surface area contributed by atoms with Crippen LogP contribution in [0.5, 0.6) is 0 Å². The summed E-state index contributed by atoms with van der Waals surface area (Å²) >= 11 is 1.36. The van der Waals surface area contributed by atoms with Crippen molar-refractivity contribution in [2.24, 2.45) is 5.73 Å². The van der Waals surface area contributed by atoms with Gasteiger partial charge in [0, 0.05) is 15.9 Å².